The van der Waals surface area contributed by atoms with Crippen molar-refractivity contribution in [1.82, 2.24) is 9.88 Å². The molecule has 2 heterocycles. The number of rotatable bonds is 4. The Morgan fingerprint density at radius 2 is 2.00 bits per heavy atom. The predicted octanol–water partition coefficient (Wildman–Crippen LogP) is 3.09. The van der Waals surface area contributed by atoms with Gasteiger partial charge in [0, 0.05) is 31.9 Å². The number of aliphatic hydroxyl groups excluding tert-OH is 1. The van der Waals surface area contributed by atoms with E-state index < -0.39 is 0 Å². The van der Waals surface area contributed by atoms with Gasteiger partial charge in [0.05, 0.1) is 17.5 Å². The highest BCUT2D eigenvalue weighted by Crippen LogP contribution is 2.29. The van der Waals surface area contributed by atoms with Gasteiger partial charge in [-0.05, 0) is 31.9 Å². The third-order valence-corrected chi connectivity index (χ3v) is 5.16. The van der Waals surface area contributed by atoms with E-state index in [2.05, 4.69) is 9.88 Å². The van der Waals surface area contributed by atoms with Gasteiger partial charge >= 0.3 is 0 Å². The van der Waals surface area contributed by atoms with E-state index in [1.807, 2.05) is 36.6 Å². The highest BCUT2D eigenvalue weighted by molar-refractivity contribution is 7.14. The molecule has 0 bridgehead atoms. The van der Waals surface area contributed by atoms with Crippen LogP contribution in [0.4, 0.5) is 10.8 Å². The first-order chi connectivity index (χ1) is 11.5. The molecule has 1 aromatic heterocycles. The number of aliphatic hydroxyl groups is 1. The molecule has 1 N–H and O–H groups in total. The lowest BCUT2D eigenvalue weighted by molar-refractivity contribution is -0.115. The second-order valence-corrected chi connectivity index (χ2v) is 7.16. The molecular formula is C18H23N3O2S. The molecule has 1 saturated heterocycles. The molecule has 6 heteroatoms. The molecule has 1 amide bonds. The number of anilines is 2. The Balaban J connectivity index is 1.74. The Bertz CT molecular complexity index is 691. The van der Waals surface area contributed by atoms with Gasteiger partial charge in [0.15, 0.2) is 5.13 Å². The van der Waals surface area contributed by atoms with Crippen LogP contribution < -0.4 is 4.90 Å². The number of amides is 1. The van der Waals surface area contributed by atoms with Crippen LogP contribution in [-0.4, -0.2) is 40.1 Å². The van der Waals surface area contributed by atoms with Gasteiger partial charge in [-0.15, -0.1) is 11.3 Å². The molecule has 3 rings (SSSR count). The van der Waals surface area contributed by atoms with Gasteiger partial charge in [-0.2, -0.15) is 0 Å². The van der Waals surface area contributed by atoms with E-state index in [1.165, 1.54) is 11.3 Å². The standard InChI is InChI=1S/C18H23N3O2S/c1-13-3-5-16(6-4-13)21(14(2)22)18-19-15(12-24-18)11-20-9-7-17(23)8-10-20/h3-6,12,17,23H,7-11H2,1-2H3. The maximum Gasteiger partial charge on any atom is 0.230 e. The molecule has 0 saturated carbocycles. The lowest BCUT2D eigenvalue weighted by atomic mass is 10.1. The summed E-state index contributed by atoms with van der Waals surface area (Å²) in [5.74, 6) is -0.0409. The summed E-state index contributed by atoms with van der Waals surface area (Å²) < 4.78 is 0. The zero-order valence-corrected chi connectivity index (χ0v) is 14.9. The number of benzene rings is 1. The Morgan fingerprint density at radius 3 is 2.62 bits per heavy atom. The van der Waals surface area contributed by atoms with Crippen LogP contribution in [0.5, 0.6) is 0 Å². The Morgan fingerprint density at radius 1 is 1.33 bits per heavy atom. The Kier molecular flexibility index (Phi) is 5.28. The Hall–Kier alpha value is -1.76. The van der Waals surface area contributed by atoms with E-state index >= 15 is 0 Å². The zero-order valence-electron chi connectivity index (χ0n) is 14.1. The average molecular weight is 345 g/mol. The summed E-state index contributed by atoms with van der Waals surface area (Å²) in [6.07, 6.45) is 1.47. The monoisotopic (exact) mass is 345 g/mol. The van der Waals surface area contributed by atoms with E-state index in [0.29, 0.717) is 5.13 Å². The smallest absolute Gasteiger partial charge is 0.230 e. The molecule has 0 atom stereocenters. The van der Waals surface area contributed by atoms with Crippen molar-refractivity contribution < 1.29 is 9.90 Å². The summed E-state index contributed by atoms with van der Waals surface area (Å²) in [5.41, 5.74) is 2.98. The lowest BCUT2D eigenvalue weighted by Crippen LogP contribution is -2.35. The Labute approximate surface area is 146 Å². The van der Waals surface area contributed by atoms with Gasteiger partial charge < -0.3 is 5.11 Å². The third-order valence-electron chi connectivity index (χ3n) is 4.28. The number of hydrogen-bond acceptors (Lipinski definition) is 5. The van der Waals surface area contributed by atoms with Gasteiger partial charge in [0.1, 0.15) is 0 Å². The van der Waals surface area contributed by atoms with E-state index in [-0.39, 0.29) is 12.0 Å². The predicted molar refractivity (Wildman–Crippen MR) is 96.6 cm³/mol. The minimum absolute atomic E-state index is 0.0409. The summed E-state index contributed by atoms with van der Waals surface area (Å²) >= 11 is 1.49. The van der Waals surface area contributed by atoms with Crippen molar-refractivity contribution in [2.45, 2.75) is 39.3 Å². The van der Waals surface area contributed by atoms with Gasteiger partial charge in [-0.1, -0.05) is 17.7 Å². The van der Waals surface area contributed by atoms with Crippen LogP contribution in [0.25, 0.3) is 0 Å². The summed E-state index contributed by atoms with van der Waals surface area (Å²) in [6.45, 7) is 6.14. The molecule has 1 fully saturated rings. The SMILES string of the molecule is CC(=O)N(c1ccc(C)cc1)c1nc(CN2CCC(O)CC2)cs1. The van der Waals surface area contributed by atoms with Crippen molar-refractivity contribution in [2.75, 3.05) is 18.0 Å². The normalized spacial score (nSPS) is 16.3. The van der Waals surface area contributed by atoms with Crippen LogP contribution in [0.3, 0.4) is 0 Å². The molecule has 1 aliphatic heterocycles. The van der Waals surface area contributed by atoms with E-state index in [4.69, 9.17) is 0 Å². The van der Waals surface area contributed by atoms with Gasteiger partial charge in [0.25, 0.3) is 0 Å². The molecule has 128 valence electrons. The summed E-state index contributed by atoms with van der Waals surface area (Å²) in [7, 11) is 0. The van der Waals surface area contributed by atoms with Gasteiger partial charge in [-0.3, -0.25) is 14.6 Å². The lowest BCUT2D eigenvalue weighted by Gasteiger charge is -2.28. The van der Waals surface area contributed by atoms with E-state index in [9.17, 15) is 9.90 Å². The summed E-state index contributed by atoms with van der Waals surface area (Å²) in [4.78, 5) is 20.7. The number of likely N-dealkylation sites (tertiary alicyclic amines) is 1. The van der Waals surface area contributed by atoms with Crippen LogP contribution in [0.2, 0.25) is 0 Å². The van der Waals surface area contributed by atoms with Crippen molar-refractivity contribution in [2.24, 2.45) is 0 Å². The fourth-order valence-electron chi connectivity index (χ4n) is 2.90. The highest BCUT2D eigenvalue weighted by atomic mass is 32.1. The summed E-state index contributed by atoms with van der Waals surface area (Å²) in [6, 6.07) is 7.89. The maximum atomic E-state index is 12.1. The van der Waals surface area contributed by atoms with Crippen LogP contribution >= 0.6 is 11.3 Å². The van der Waals surface area contributed by atoms with Crippen molar-refractivity contribution in [3.05, 3.63) is 40.9 Å². The number of thiazole rings is 1. The highest BCUT2D eigenvalue weighted by Gasteiger charge is 2.20. The molecule has 2 aromatic rings. The molecule has 0 radical (unpaired) electrons. The van der Waals surface area contributed by atoms with Crippen LogP contribution in [-0.2, 0) is 11.3 Å². The number of carbonyl (C=O) groups excluding carboxylic acids is 1. The largest absolute Gasteiger partial charge is 0.393 e. The quantitative estimate of drug-likeness (QED) is 0.925. The van der Waals surface area contributed by atoms with Crippen molar-refractivity contribution in [3.63, 3.8) is 0 Å². The first-order valence-electron chi connectivity index (χ1n) is 8.25. The zero-order chi connectivity index (χ0) is 17.1. The van der Waals surface area contributed by atoms with Crippen LogP contribution in [0.15, 0.2) is 29.6 Å². The minimum Gasteiger partial charge on any atom is -0.393 e. The van der Waals surface area contributed by atoms with E-state index in [0.717, 1.165) is 49.4 Å². The maximum absolute atomic E-state index is 12.1. The van der Waals surface area contributed by atoms with Gasteiger partial charge in [-0.25, -0.2) is 4.98 Å². The molecule has 0 aliphatic carbocycles. The average Bonchev–Trinajstić information content (AvgIpc) is 2.99. The molecule has 1 aromatic carbocycles. The number of aryl methyl sites for hydroxylation is 1. The van der Waals surface area contributed by atoms with Crippen molar-refractivity contribution in [1.29, 1.82) is 0 Å². The number of carbonyl (C=O) groups is 1. The number of nitrogens with zero attached hydrogens (tertiary/aromatic N) is 3. The molecule has 0 spiro atoms. The fraction of sp³-hybridized carbons (Fsp3) is 0.444. The van der Waals surface area contributed by atoms with Crippen LogP contribution in [0.1, 0.15) is 31.0 Å². The number of hydrogen-bond donors (Lipinski definition) is 1. The second-order valence-electron chi connectivity index (χ2n) is 6.32. The molecule has 0 unspecified atom stereocenters. The van der Waals surface area contributed by atoms with Crippen molar-refractivity contribution >= 4 is 28.1 Å². The molecular weight excluding hydrogens is 322 g/mol. The van der Waals surface area contributed by atoms with Gasteiger partial charge in [0.2, 0.25) is 5.91 Å². The molecule has 5 nitrogen and oxygen atoms in total. The van der Waals surface area contributed by atoms with Crippen molar-refractivity contribution in [3.8, 4) is 0 Å². The topological polar surface area (TPSA) is 56.7 Å². The number of aromatic nitrogens is 1. The summed E-state index contributed by atoms with van der Waals surface area (Å²) in [5, 5.41) is 12.3. The first kappa shape index (κ1) is 17.1. The number of piperidine rings is 1. The van der Waals surface area contributed by atoms with Crippen LogP contribution in [0, 0.1) is 6.92 Å². The molecule has 24 heavy (non-hydrogen) atoms. The minimum atomic E-state index is -0.165. The fourth-order valence-corrected chi connectivity index (χ4v) is 3.78. The third kappa shape index (κ3) is 4.01. The first-order valence-corrected chi connectivity index (χ1v) is 9.13. The molecule has 1 aliphatic rings. The second kappa shape index (κ2) is 7.42. The van der Waals surface area contributed by atoms with E-state index in [1.54, 1.807) is 11.8 Å².